The highest BCUT2D eigenvalue weighted by Gasteiger charge is 2.32. The molecule has 0 saturated carbocycles. The van der Waals surface area contributed by atoms with Crippen LogP contribution in [-0.2, 0) is 4.79 Å². The number of allylic oxidation sites excluding steroid dienone is 2. The SMILES string of the molecule is CC(c1cn[nH]c1)N1CCC(c2cc(C(=O)N3CCCC4CCCC=C43)cs2)CC1.O=CO. The Hall–Kier alpha value is -2.45. The number of nitrogens with zero attached hydrogens (tertiary/aromatic N) is 3. The molecule has 0 aromatic carbocycles. The van der Waals surface area contributed by atoms with Crippen molar-refractivity contribution in [3.8, 4) is 0 Å². The van der Waals surface area contributed by atoms with Crippen molar-refractivity contribution in [2.75, 3.05) is 19.6 Å². The Morgan fingerprint density at radius 1 is 1.21 bits per heavy atom. The van der Waals surface area contributed by atoms with Gasteiger partial charge in [-0.25, -0.2) is 0 Å². The molecule has 33 heavy (non-hydrogen) atoms. The zero-order valence-corrected chi connectivity index (χ0v) is 20.1. The van der Waals surface area contributed by atoms with Crippen LogP contribution in [0.25, 0.3) is 0 Å². The molecule has 2 aliphatic heterocycles. The second-order valence-electron chi connectivity index (χ2n) is 9.22. The Morgan fingerprint density at radius 2 is 1.97 bits per heavy atom. The average molecular weight is 471 g/mol. The van der Waals surface area contributed by atoms with E-state index >= 15 is 0 Å². The zero-order valence-electron chi connectivity index (χ0n) is 19.3. The molecule has 0 spiro atoms. The molecule has 4 heterocycles. The third-order valence-electron chi connectivity index (χ3n) is 7.37. The van der Waals surface area contributed by atoms with Gasteiger partial charge in [-0.1, -0.05) is 6.08 Å². The molecule has 2 unspecified atom stereocenters. The van der Waals surface area contributed by atoms with Crippen LogP contribution in [-0.4, -0.2) is 57.1 Å². The van der Waals surface area contributed by atoms with Crippen LogP contribution < -0.4 is 0 Å². The van der Waals surface area contributed by atoms with Crippen molar-refractivity contribution >= 4 is 23.7 Å². The third kappa shape index (κ3) is 5.38. The Bertz CT molecular complexity index is 947. The molecule has 2 fully saturated rings. The number of aromatic nitrogens is 2. The lowest BCUT2D eigenvalue weighted by molar-refractivity contribution is -0.122. The molecule has 1 amide bonds. The van der Waals surface area contributed by atoms with Crippen LogP contribution in [0.15, 0.2) is 35.6 Å². The second-order valence-corrected chi connectivity index (χ2v) is 10.2. The first-order valence-corrected chi connectivity index (χ1v) is 12.9. The van der Waals surface area contributed by atoms with Crippen LogP contribution in [0.2, 0.25) is 0 Å². The van der Waals surface area contributed by atoms with Gasteiger partial charge in [-0.15, -0.1) is 11.3 Å². The summed E-state index contributed by atoms with van der Waals surface area (Å²) in [4.78, 5) is 27.7. The quantitative estimate of drug-likeness (QED) is 0.612. The van der Waals surface area contributed by atoms with Gasteiger partial charge in [-0.05, 0) is 82.9 Å². The zero-order chi connectivity index (χ0) is 23.2. The van der Waals surface area contributed by atoms with Crippen LogP contribution in [0.4, 0.5) is 0 Å². The fourth-order valence-corrected chi connectivity index (χ4v) is 6.56. The molecule has 8 heteroatoms. The molecule has 2 saturated heterocycles. The largest absolute Gasteiger partial charge is 0.483 e. The van der Waals surface area contributed by atoms with Crippen LogP contribution in [0.3, 0.4) is 0 Å². The number of fused-ring (bicyclic) bond motifs is 1. The number of piperidine rings is 2. The normalized spacial score (nSPS) is 22.5. The lowest BCUT2D eigenvalue weighted by Gasteiger charge is -2.38. The Labute approximate surface area is 199 Å². The van der Waals surface area contributed by atoms with Crippen molar-refractivity contribution in [1.29, 1.82) is 0 Å². The number of hydrogen-bond donors (Lipinski definition) is 2. The summed E-state index contributed by atoms with van der Waals surface area (Å²) in [6.45, 7) is 5.09. The maximum Gasteiger partial charge on any atom is 0.290 e. The predicted molar refractivity (Wildman–Crippen MR) is 129 cm³/mol. The number of rotatable bonds is 4. The number of carbonyl (C=O) groups is 2. The Kier molecular flexibility index (Phi) is 7.98. The third-order valence-corrected chi connectivity index (χ3v) is 8.46. The van der Waals surface area contributed by atoms with E-state index in [-0.39, 0.29) is 12.4 Å². The molecular formula is C25H34N4O3S. The van der Waals surface area contributed by atoms with Gasteiger partial charge in [-0.2, -0.15) is 5.10 Å². The molecule has 2 aromatic rings. The van der Waals surface area contributed by atoms with E-state index in [1.165, 1.54) is 35.4 Å². The average Bonchev–Trinajstić information content (AvgIpc) is 3.56. The van der Waals surface area contributed by atoms with Crippen molar-refractivity contribution in [3.05, 3.63) is 51.6 Å². The summed E-state index contributed by atoms with van der Waals surface area (Å²) in [6.07, 6.45) is 14.6. The van der Waals surface area contributed by atoms with E-state index < -0.39 is 0 Å². The Balaban J connectivity index is 0.000000821. The van der Waals surface area contributed by atoms with Crippen molar-refractivity contribution in [2.24, 2.45) is 5.92 Å². The summed E-state index contributed by atoms with van der Waals surface area (Å²) < 4.78 is 0. The molecule has 178 valence electrons. The van der Waals surface area contributed by atoms with Crippen molar-refractivity contribution < 1.29 is 14.7 Å². The van der Waals surface area contributed by atoms with Crippen LogP contribution >= 0.6 is 11.3 Å². The number of amides is 1. The van der Waals surface area contributed by atoms with Gasteiger partial charge in [0, 0.05) is 40.3 Å². The molecule has 2 aromatic heterocycles. The summed E-state index contributed by atoms with van der Waals surface area (Å²) in [6, 6.07) is 2.60. The summed E-state index contributed by atoms with van der Waals surface area (Å²) in [5, 5.41) is 16.0. The number of nitrogens with one attached hydrogen (secondary N) is 1. The summed E-state index contributed by atoms with van der Waals surface area (Å²) >= 11 is 1.78. The minimum Gasteiger partial charge on any atom is -0.483 e. The van der Waals surface area contributed by atoms with E-state index in [0.29, 0.717) is 17.9 Å². The van der Waals surface area contributed by atoms with Gasteiger partial charge in [0.05, 0.1) is 11.8 Å². The molecule has 0 radical (unpaired) electrons. The maximum absolute atomic E-state index is 13.3. The van der Waals surface area contributed by atoms with Crippen LogP contribution in [0.5, 0.6) is 0 Å². The van der Waals surface area contributed by atoms with Crippen LogP contribution in [0.1, 0.15) is 84.6 Å². The van der Waals surface area contributed by atoms with Gasteiger partial charge in [-0.3, -0.25) is 19.6 Å². The minimum atomic E-state index is -0.250. The standard InChI is InChI=1S/C24H32N4OS.CH2O2/c1-17(21-14-25-26-15-21)27-11-8-19(9-12-27)23-13-20(16-30-23)24(29)28-10-4-6-18-5-2-3-7-22(18)28;2-1-3/h7,13-19H,2-6,8-12H2,1H3,(H,25,26);1H,(H,2,3). The van der Waals surface area contributed by atoms with Crippen molar-refractivity contribution in [2.45, 2.75) is 63.8 Å². The van der Waals surface area contributed by atoms with E-state index in [0.717, 1.165) is 50.9 Å². The highest BCUT2D eigenvalue weighted by molar-refractivity contribution is 7.10. The molecule has 1 aliphatic carbocycles. The van der Waals surface area contributed by atoms with Gasteiger partial charge in [0.15, 0.2) is 0 Å². The number of aromatic amines is 1. The molecule has 0 bridgehead atoms. The molecule has 2 N–H and O–H groups in total. The molecular weight excluding hydrogens is 436 g/mol. The second kappa shape index (κ2) is 11.1. The first-order valence-electron chi connectivity index (χ1n) is 12.0. The van der Waals surface area contributed by atoms with E-state index in [1.807, 2.05) is 12.4 Å². The smallest absolute Gasteiger partial charge is 0.290 e. The summed E-state index contributed by atoms with van der Waals surface area (Å²) in [7, 11) is 0. The van der Waals surface area contributed by atoms with Gasteiger partial charge >= 0.3 is 0 Å². The number of carbonyl (C=O) groups excluding carboxylic acids is 1. The van der Waals surface area contributed by atoms with Gasteiger partial charge < -0.3 is 10.0 Å². The minimum absolute atomic E-state index is 0.223. The summed E-state index contributed by atoms with van der Waals surface area (Å²) in [5.41, 5.74) is 3.47. The molecule has 7 nitrogen and oxygen atoms in total. The van der Waals surface area contributed by atoms with Gasteiger partial charge in [0.1, 0.15) is 0 Å². The predicted octanol–water partition coefficient (Wildman–Crippen LogP) is 5.03. The number of likely N-dealkylation sites (tertiary alicyclic amines) is 2. The fourth-order valence-electron chi connectivity index (χ4n) is 5.50. The Morgan fingerprint density at radius 3 is 2.70 bits per heavy atom. The van der Waals surface area contributed by atoms with E-state index in [9.17, 15) is 4.79 Å². The number of H-pyrrole nitrogens is 1. The number of thiophene rings is 1. The lowest BCUT2D eigenvalue weighted by atomic mass is 9.84. The molecule has 2 atom stereocenters. The van der Waals surface area contributed by atoms with E-state index in [2.05, 4.69) is 44.4 Å². The topological polar surface area (TPSA) is 89.5 Å². The van der Waals surface area contributed by atoms with Crippen LogP contribution in [0, 0.1) is 5.92 Å². The molecule has 5 rings (SSSR count). The lowest BCUT2D eigenvalue weighted by Crippen LogP contribution is -2.38. The van der Waals surface area contributed by atoms with Gasteiger partial charge in [0.2, 0.25) is 0 Å². The number of carboxylic acid groups (broad SMARTS) is 1. The van der Waals surface area contributed by atoms with Crippen molar-refractivity contribution in [3.63, 3.8) is 0 Å². The monoisotopic (exact) mass is 470 g/mol. The van der Waals surface area contributed by atoms with Crippen molar-refractivity contribution in [1.82, 2.24) is 20.0 Å². The first-order chi connectivity index (χ1) is 16.1. The van der Waals surface area contributed by atoms with E-state index in [4.69, 9.17) is 9.90 Å². The fraction of sp³-hybridized carbons (Fsp3) is 0.560. The molecule has 3 aliphatic rings. The highest BCUT2D eigenvalue weighted by atomic mass is 32.1. The van der Waals surface area contributed by atoms with Gasteiger partial charge in [0.25, 0.3) is 12.4 Å². The summed E-state index contributed by atoms with van der Waals surface area (Å²) in [5.74, 6) is 1.41. The maximum atomic E-state index is 13.3. The first kappa shape index (κ1) is 23.7. The number of hydrogen-bond acceptors (Lipinski definition) is 5. The highest BCUT2D eigenvalue weighted by Crippen LogP contribution is 2.38. The van der Waals surface area contributed by atoms with E-state index in [1.54, 1.807) is 11.3 Å².